The normalized spacial score (nSPS) is 10.5. The van der Waals surface area contributed by atoms with Crippen LogP contribution in [-0.2, 0) is 0 Å². The molecule has 0 fully saturated rings. The van der Waals surface area contributed by atoms with Crippen LogP contribution in [0.4, 0.5) is 11.5 Å². The molecule has 2 rings (SSSR count). The zero-order valence-corrected chi connectivity index (χ0v) is 12.1. The molecule has 0 saturated carbocycles. The van der Waals surface area contributed by atoms with Crippen LogP contribution in [0.1, 0.15) is 30.0 Å². The molecule has 0 unspecified atom stereocenters. The van der Waals surface area contributed by atoms with Crippen LogP contribution < -0.4 is 15.8 Å². The third-order valence-electron chi connectivity index (χ3n) is 2.49. The molecule has 0 bridgehead atoms. The van der Waals surface area contributed by atoms with Gasteiger partial charge in [0.1, 0.15) is 5.82 Å². The number of nitrogens with two attached hydrogens (primary N) is 1. The minimum Gasteiger partial charge on any atom is -0.475 e. The standard InChI is InChI=1S/C14H17N5O2/c1-8(2)21-12-6-4-5-11(17-12)16-10-7-9(3)18-19-13(10)14(15)20/h4-8H,1-3H3,(H2,15,20)(H,16,17,18). The third-order valence-corrected chi connectivity index (χ3v) is 2.49. The first-order valence-corrected chi connectivity index (χ1v) is 6.50. The van der Waals surface area contributed by atoms with E-state index in [1.54, 1.807) is 31.2 Å². The molecular weight excluding hydrogens is 270 g/mol. The lowest BCUT2D eigenvalue weighted by Gasteiger charge is -2.12. The van der Waals surface area contributed by atoms with Crippen LogP contribution >= 0.6 is 0 Å². The van der Waals surface area contributed by atoms with E-state index in [0.717, 1.165) is 0 Å². The number of carbonyl (C=O) groups is 1. The van der Waals surface area contributed by atoms with Gasteiger partial charge in [-0.15, -0.1) is 5.10 Å². The Hall–Kier alpha value is -2.70. The molecule has 7 heteroatoms. The number of nitrogens with zero attached hydrogens (tertiary/aromatic N) is 3. The van der Waals surface area contributed by atoms with Gasteiger partial charge in [0.05, 0.1) is 17.5 Å². The number of aryl methyl sites for hydroxylation is 1. The highest BCUT2D eigenvalue weighted by Crippen LogP contribution is 2.20. The zero-order chi connectivity index (χ0) is 15.4. The van der Waals surface area contributed by atoms with Gasteiger partial charge in [0.2, 0.25) is 5.88 Å². The van der Waals surface area contributed by atoms with Crippen LogP contribution in [0.15, 0.2) is 24.3 Å². The van der Waals surface area contributed by atoms with Crippen LogP contribution in [0.5, 0.6) is 5.88 Å². The van der Waals surface area contributed by atoms with E-state index in [9.17, 15) is 4.79 Å². The molecule has 1 amide bonds. The molecule has 3 N–H and O–H groups in total. The van der Waals surface area contributed by atoms with Crippen LogP contribution in [0, 0.1) is 6.92 Å². The van der Waals surface area contributed by atoms with E-state index in [2.05, 4.69) is 20.5 Å². The SMILES string of the molecule is Cc1cc(Nc2cccc(OC(C)C)n2)c(C(N)=O)nn1. The van der Waals surface area contributed by atoms with Crippen LogP contribution in [0.25, 0.3) is 0 Å². The van der Waals surface area contributed by atoms with Crippen molar-refractivity contribution in [2.75, 3.05) is 5.32 Å². The highest BCUT2D eigenvalue weighted by atomic mass is 16.5. The van der Waals surface area contributed by atoms with E-state index in [1.165, 1.54) is 0 Å². The van der Waals surface area contributed by atoms with E-state index >= 15 is 0 Å². The second kappa shape index (κ2) is 6.17. The van der Waals surface area contributed by atoms with Gasteiger partial charge in [-0.25, -0.2) is 0 Å². The Morgan fingerprint density at radius 1 is 1.33 bits per heavy atom. The summed E-state index contributed by atoms with van der Waals surface area (Å²) in [5.41, 5.74) is 6.48. The van der Waals surface area contributed by atoms with Gasteiger partial charge in [-0.1, -0.05) is 6.07 Å². The number of anilines is 2. The zero-order valence-electron chi connectivity index (χ0n) is 12.1. The number of rotatable bonds is 5. The van der Waals surface area contributed by atoms with Gasteiger partial charge in [-0.05, 0) is 32.9 Å². The maximum Gasteiger partial charge on any atom is 0.271 e. The summed E-state index contributed by atoms with van der Waals surface area (Å²) in [6.07, 6.45) is 0.0266. The smallest absolute Gasteiger partial charge is 0.271 e. The quantitative estimate of drug-likeness (QED) is 0.869. The average Bonchev–Trinajstić information content (AvgIpc) is 2.38. The van der Waals surface area contributed by atoms with Crippen molar-refractivity contribution in [3.63, 3.8) is 0 Å². The lowest BCUT2D eigenvalue weighted by atomic mass is 10.2. The third kappa shape index (κ3) is 3.88. The fraction of sp³-hybridized carbons (Fsp3) is 0.286. The summed E-state index contributed by atoms with van der Waals surface area (Å²) in [6.45, 7) is 5.61. The van der Waals surface area contributed by atoms with Gasteiger partial charge in [0.15, 0.2) is 5.69 Å². The molecule has 7 nitrogen and oxygen atoms in total. The first kappa shape index (κ1) is 14.7. The Labute approximate surface area is 122 Å². The molecule has 0 aliphatic carbocycles. The summed E-state index contributed by atoms with van der Waals surface area (Å²) < 4.78 is 5.52. The molecule has 110 valence electrons. The van der Waals surface area contributed by atoms with Crippen LogP contribution in [0.3, 0.4) is 0 Å². The lowest BCUT2D eigenvalue weighted by molar-refractivity contribution is 0.0995. The second-order valence-electron chi connectivity index (χ2n) is 4.76. The number of nitrogens with one attached hydrogen (secondary N) is 1. The predicted octanol–water partition coefficient (Wildman–Crippen LogP) is 1.81. The van der Waals surface area contributed by atoms with E-state index in [4.69, 9.17) is 10.5 Å². The number of carbonyl (C=O) groups excluding carboxylic acids is 1. The van der Waals surface area contributed by atoms with Crippen molar-refractivity contribution < 1.29 is 9.53 Å². The number of pyridine rings is 1. The maximum atomic E-state index is 11.4. The fourth-order valence-electron chi connectivity index (χ4n) is 1.70. The molecule has 2 heterocycles. The van der Waals surface area contributed by atoms with Crippen molar-refractivity contribution in [2.45, 2.75) is 26.9 Å². The Balaban J connectivity index is 2.29. The van der Waals surface area contributed by atoms with Crippen molar-refractivity contribution in [1.29, 1.82) is 0 Å². The highest BCUT2D eigenvalue weighted by molar-refractivity contribution is 5.96. The summed E-state index contributed by atoms with van der Waals surface area (Å²) in [4.78, 5) is 15.7. The number of primary amides is 1. The second-order valence-corrected chi connectivity index (χ2v) is 4.76. The molecule has 21 heavy (non-hydrogen) atoms. The van der Waals surface area contributed by atoms with E-state index in [0.29, 0.717) is 23.1 Å². The van der Waals surface area contributed by atoms with Crippen LogP contribution in [0.2, 0.25) is 0 Å². The molecule has 0 spiro atoms. The molecule has 0 saturated heterocycles. The Morgan fingerprint density at radius 2 is 2.10 bits per heavy atom. The molecule has 0 aromatic carbocycles. The van der Waals surface area contributed by atoms with Gasteiger partial charge >= 0.3 is 0 Å². The van der Waals surface area contributed by atoms with Crippen molar-refractivity contribution in [1.82, 2.24) is 15.2 Å². The molecule has 0 radical (unpaired) electrons. The fourth-order valence-corrected chi connectivity index (χ4v) is 1.70. The van der Waals surface area contributed by atoms with Crippen molar-refractivity contribution in [2.24, 2.45) is 5.73 Å². The molecule has 0 aliphatic heterocycles. The topological polar surface area (TPSA) is 103 Å². The monoisotopic (exact) mass is 287 g/mol. The number of hydrogen-bond donors (Lipinski definition) is 2. The summed E-state index contributed by atoms with van der Waals surface area (Å²) in [7, 11) is 0. The van der Waals surface area contributed by atoms with Gasteiger partial charge in [-0.2, -0.15) is 10.1 Å². The summed E-state index contributed by atoms with van der Waals surface area (Å²) in [5.74, 6) is 0.372. The summed E-state index contributed by atoms with van der Waals surface area (Å²) in [5, 5.41) is 10.6. The van der Waals surface area contributed by atoms with E-state index < -0.39 is 5.91 Å². The van der Waals surface area contributed by atoms with E-state index in [1.807, 2.05) is 13.8 Å². The van der Waals surface area contributed by atoms with Crippen molar-refractivity contribution in [3.8, 4) is 5.88 Å². The Kier molecular flexibility index (Phi) is 4.32. The average molecular weight is 287 g/mol. The molecule has 2 aromatic rings. The van der Waals surface area contributed by atoms with Gasteiger partial charge in [-0.3, -0.25) is 4.79 Å². The van der Waals surface area contributed by atoms with Gasteiger partial charge in [0, 0.05) is 6.07 Å². The number of ether oxygens (including phenoxy) is 1. The Morgan fingerprint density at radius 3 is 2.76 bits per heavy atom. The van der Waals surface area contributed by atoms with Crippen LogP contribution in [-0.4, -0.2) is 27.2 Å². The summed E-state index contributed by atoms with van der Waals surface area (Å²) in [6, 6.07) is 7.01. The number of hydrogen-bond acceptors (Lipinski definition) is 6. The van der Waals surface area contributed by atoms with Gasteiger partial charge < -0.3 is 15.8 Å². The maximum absolute atomic E-state index is 11.4. The largest absolute Gasteiger partial charge is 0.475 e. The highest BCUT2D eigenvalue weighted by Gasteiger charge is 2.12. The van der Waals surface area contributed by atoms with Crippen molar-refractivity contribution >= 4 is 17.4 Å². The molecule has 2 aromatic heterocycles. The first-order valence-electron chi connectivity index (χ1n) is 6.50. The predicted molar refractivity (Wildman–Crippen MR) is 78.6 cm³/mol. The van der Waals surface area contributed by atoms with Gasteiger partial charge in [0.25, 0.3) is 5.91 Å². The minimum atomic E-state index is -0.653. The molecular formula is C14H17N5O2. The number of aromatic nitrogens is 3. The number of amides is 1. The minimum absolute atomic E-state index is 0.0266. The molecule has 0 atom stereocenters. The Bertz CT molecular complexity index is 658. The van der Waals surface area contributed by atoms with Crippen molar-refractivity contribution in [3.05, 3.63) is 35.7 Å². The lowest BCUT2D eigenvalue weighted by Crippen LogP contribution is -2.17. The summed E-state index contributed by atoms with van der Waals surface area (Å²) >= 11 is 0. The molecule has 0 aliphatic rings. The van der Waals surface area contributed by atoms with E-state index in [-0.39, 0.29) is 11.8 Å². The first-order chi connectivity index (χ1) is 9.95.